The van der Waals surface area contributed by atoms with Crippen LogP contribution in [0.4, 0.5) is 0 Å². The summed E-state index contributed by atoms with van der Waals surface area (Å²) in [6, 6.07) is 1.94. The Kier molecular flexibility index (Phi) is 2.87. The molecule has 0 N–H and O–H groups in total. The van der Waals surface area contributed by atoms with E-state index in [2.05, 4.69) is 9.97 Å². The predicted molar refractivity (Wildman–Crippen MR) is 59.1 cm³/mol. The quantitative estimate of drug-likeness (QED) is 0.742. The van der Waals surface area contributed by atoms with Gasteiger partial charge in [0.05, 0.1) is 0 Å². The predicted octanol–water partition coefficient (Wildman–Crippen LogP) is 2.27. The van der Waals surface area contributed by atoms with E-state index in [-0.39, 0.29) is 5.78 Å². The van der Waals surface area contributed by atoms with Gasteiger partial charge in [-0.3, -0.25) is 4.79 Å². The first-order valence-corrected chi connectivity index (χ1v) is 5.53. The molecular formula is C11H10N2OS. The second-order valence-electron chi connectivity index (χ2n) is 3.32. The molecule has 0 saturated heterocycles. The Morgan fingerprint density at radius 3 is 2.73 bits per heavy atom. The van der Waals surface area contributed by atoms with Crippen LogP contribution < -0.4 is 0 Å². The van der Waals surface area contributed by atoms with Gasteiger partial charge in [0.15, 0.2) is 5.82 Å². The summed E-state index contributed by atoms with van der Waals surface area (Å²) < 4.78 is 0. The van der Waals surface area contributed by atoms with Crippen LogP contribution in [-0.4, -0.2) is 15.8 Å². The number of thiophene rings is 1. The average molecular weight is 218 g/mol. The summed E-state index contributed by atoms with van der Waals surface area (Å²) in [6.07, 6.45) is 3.70. The lowest BCUT2D eigenvalue weighted by Gasteiger charge is -1.97. The van der Waals surface area contributed by atoms with Gasteiger partial charge in [0.1, 0.15) is 0 Å². The average Bonchev–Trinajstić information content (AvgIpc) is 2.71. The zero-order chi connectivity index (χ0) is 10.7. The van der Waals surface area contributed by atoms with Crippen molar-refractivity contribution in [3.63, 3.8) is 0 Å². The van der Waals surface area contributed by atoms with Crippen molar-refractivity contribution in [2.24, 2.45) is 0 Å². The van der Waals surface area contributed by atoms with E-state index < -0.39 is 0 Å². The van der Waals surface area contributed by atoms with Crippen molar-refractivity contribution < 1.29 is 4.79 Å². The van der Waals surface area contributed by atoms with Crippen molar-refractivity contribution in [1.82, 2.24) is 9.97 Å². The standard InChI is InChI=1S/C11H10N2OS/c1-8-5-12-11(13-6-8)10(14)4-9-2-3-15-7-9/h2-3,5-7H,4H2,1H3. The summed E-state index contributed by atoms with van der Waals surface area (Å²) in [5.74, 6) is 0.264. The highest BCUT2D eigenvalue weighted by molar-refractivity contribution is 7.08. The Hall–Kier alpha value is -1.55. The molecule has 2 aromatic rings. The van der Waals surface area contributed by atoms with Gasteiger partial charge in [-0.05, 0) is 34.9 Å². The van der Waals surface area contributed by atoms with Crippen LogP contribution in [0.1, 0.15) is 21.7 Å². The SMILES string of the molecule is Cc1cnc(C(=O)Cc2ccsc2)nc1. The van der Waals surface area contributed by atoms with Crippen molar-refractivity contribution >= 4 is 17.1 Å². The molecule has 0 atom stereocenters. The summed E-state index contributed by atoms with van der Waals surface area (Å²) in [5.41, 5.74) is 1.98. The monoisotopic (exact) mass is 218 g/mol. The van der Waals surface area contributed by atoms with Crippen LogP contribution in [0.25, 0.3) is 0 Å². The van der Waals surface area contributed by atoms with Crippen LogP contribution in [0.3, 0.4) is 0 Å². The van der Waals surface area contributed by atoms with Gasteiger partial charge in [0, 0.05) is 18.8 Å². The molecule has 0 amide bonds. The maximum absolute atomic E-state index is 11.7. The second kappa shape index (κ2) is 4.31. The van der Waals surface area contributed by atoms with Crippen molar-refractivity contribution in [1.29, 1.82) is 0 Å². The minimum atomic E-state index is -0.0339. The number of aryl methyl sites for hydroxylation is 1. The number of hydrogen-bond acceptors (Lipinski definition) is 4. The zero-order valence-corrected chi connectivity index (χ0v) is 9.12. The summed E-state index contributed by atoms with van der Waals surface area (Å²) in [5, 5.41) is 3.92. The third-order valence-electron chi connectivity index (χ3n) is 1.98. The van der Waals surface area contributed by atoms with Gasteiger partial charge in [-0.15, -0.1) is 0 Å². The number of aromatic nitrogens is 2. The second-order valence-corrected chi connectivity index (χ2v) is 4.10. The molecule has 2 heterocycles. The van der Waals surface area contributed by atoms with E-state index in [1.165, 1.54) is 0 Å². The lowest BCUT2D eigenvalue weighted by molar-refractivity contribution is 0.0983. The van der Waals surface area contributed by atoms with Crippen molar-refractivity contribution in [2.75, 3.05) is 0 Å². The van der Waals surface area contributed by atoms with E-state index in [1.54, 1.807) is 23.7 Å². The molecule has 0 spiro atoms. The first kappa shape index (κ1) is 9.98. The van der Waals surface area contributed by atoms with Gasteiger partial charge in [-0.1, -0.05) is 0 Å². The highest BCUT2D eigenvalue weighted by Crippen LogP contribution is 2.08. The summed E-state index contributed by atoms with van der Waals surface area (Å²) >= 11 is 1.59. The molecule has 0 aliphatic rings. The Labute approximate surface area is 91.8 Å². The molecular weight excluding hydrogens is 208 g/mol. The minimum absolute atomic E-state index is 0.0339. The van der Waals surface area contributed by atoms with Crippen LogP contribution in [0.15, 0.2) is 29.2 Å². The Balaban J connectivity index is 2.11. The maximum atomic E-state index is 11.7. The van der Waals surface area contributed by atoms with Crippen molar-refractivity contribution in [2.45, 2.75) is 13.3 Å². The van der Waals surface area contributed by atoms with Crippen molar-refractivity contribution in [3.8, 4) is 0 Å². The van der Waals surface area contributed by atoms with Gasteiger partial charge in [-0.2, -0.15) is 11.3 Å². The topological polar surface area (TPSA) is 42.9 Å². The molecule has 2 rings (SSSR count). The molecule has 15 heavy (non-hydrogen) atoms. The maximum Gasteiger partial charge on any atom is 0.204 e. The van der Waals surface area contributed by atoms with Crippen LogP contribution >= 0.6 is 11.3 Å². The van der Waals surface area contributed by atoms with Crippen LogP contribution in [0.5, 0.6) is 0 Å². The minimum Gasteiger partial charge on any atom is -0.290 e. The van der Waals surface area contributed by atoms with Gasteiger partial charge in [0.2, 0.25) is 5.78 Å². The molecule has 0 bridgehead atoms. The molecule has 0 radical (unpaired) electrons. The molecule has 0 aromatic carbocycles. The summed E-state index contributed by atoms with van der Waals surface area (Å²) in [4.78, 5) is 19.7. The van der Waals surface area contributed by atoms with Crippen LogP contribution in [-0.2, 0) is 6.42 Å². The van der Waals surface area contributed by atoms with Crippen LogP contribution in [0.2, 0.25) is 0 Å². The Morgan fingerprint density at radius 1 is 1.40 bits per heavy atom. The fourth-order valence-electron chi connectivity index (χ4n) is 1.19. The largest absolute Gasteiger partial charge is 0.290 e. The number of Topliss-reactive ketones (excluding diaryl/α,β-unsaturated/α-hetero) is 1. The van der Waals surface area contributed by atoms with E-state index in [4.69, 9.17) is 0 Å². The van der Waals surface area contributed by atoms with Crippen molar-refractivity contribution in [3.05, 3.63) is 46.2 Å². The van der Waals surface area contributed by atoms with E-state index in [0.29, 0.717) is 12.2 Å². The fourth-order valence-corrected chi connectivity index (χ4v) is 1.86. The highest BCUT2D eigenvalue weighted by Gasteiger charge is 2.09. The summed E-state index contributed by atoms with van der Waals surface area (Å²) in [6.45, 7) is 1.90. The van der Waals surface area contributed by atoms with Gasteiger partial charge < -0.3 is 0 Å². The van der Waals surface area contributed by atoms with Gasteiger partial charge in [-0.25, -0.2) is 9.97 Å². The normalized spacial score (nSPS) is 10.2. The van der Waals surface area contributed by atoms with E-state index in [1.807, 2.05) is 23.8 Å². The molecule has 0 aliphatic heterocycles. The molecule has 2 aromatic heterocycles. The number of carbonyl (C=O) groups excluding carboxylic acids is 1. The number of carbonyl (C=O) groups is 1. The number of ketones is 1. The number of rotatable bonds is 3. The van der Waals surface area contributed by atoms with Crippen LogP contribution in [0, 0.1) is 6.92 Å². The third kappa shape index (κ3) is 2.47. The molecule has 0 fully saturated rings. The third-order valence-corrected chi connectivity index (χ3v) is 2.71. The number of hydrogen-bond donors (Lipinski definition) is 0. The smallest absolute Gasteiger partial charge is 0.204 e. The zero-order valence-electron chi connectivity index (χ0n) is 8.30. The summed E-state index contributed by atoms with van der Waals surface area (Å²) in [7, 11) is 0. The number of nitrogens with zero attached hydrogens (tertiary/aromatic N) is 2. The van der Waals surface area contributed by atoms with Gasteiger partial charge >= 0.3 is 0 Å². The molecule has 4 heteroatoms. The lowest BCUT2D eigenvalue weighted by Crippen LogP contribution is -2.07. The highest BCUT2D eigenvalue weighted by atomic mass is 32.1. The molecule has 76 valence electrons. The molecule has 0 aliphatic carbocycles. The van der Waals surface area contributed by atoms with E-state index in [0.717, 1.165) is 11.1 Å². The lowest BCUT2D eigenvalue weighted by atomic mass is 10.1. The Bertz CT molecular complexity index is 448. The Morgan fingerprint density at radius 2 is 2.13 bits per heavy atom. The van der Waals surface area contributed by atoms with E-state index >= 15 is 0 Å². The molecule has 0 unspecified atom stereocenters. The fraction of sp³-hybridized carbons (Fsp3) is 0.182. The van der Waals surface area contributed by atoms with Gasteiger partial charge in [0.25, 0.3) is 0 Å². The van der Waals surface area contributed by atoms with E-state index in [9.17, 15) is 4.79 Å². The first-order valence-electron chi connectivity index (χ1n) is 4.58. The molecule has 0 saturated carbocycles. The molecule has 3 nitrogen and oxygen atoms in total. The first-order chi connectivity index (χ1) is 7.25.